The Morgan fingerprint density at radius 2 is 1.91 bits per heavy atom. The topological polar surface area (TPSA) is 115 Å². The van der Waals surface area contributed by atoms with Gasteiger partial charge in [0.25, 0.3) is 0 Å². The van der Waals surface area contributed by atoms with Gasteiger partial charge in [0.05, 0.1) is 23.6 Å². The first-order valence-electron chi connectivity index (χ1n) is 15.7. The maximum Gasteiger partial charge on any atom is 0.410 e. The molecule has 3 aromatic carbocycles. The van der Waals surface area contributed by atoms with Gasteiger partial charge in [-0.15, -0.1) is 0 Å². The van der Waals surface area contributed by atoms with Crippen molar-refractivity contribution < 1.29 is 23.8 Å². The summed E-state index contributed by atoms with van der Waals surface area (Å²) in [5.41, 5.74) is -0.146. The summed E-state index contributed by atoms with van der Waals surface area (Å²) in [7, 11) is 2.02. The number of hydrogen-bond acceptors (Lipinski definition) is 9. The number of anilines is 1. The first kappa shape index (κ1) is 32.5. The van der Waals surface area contributed by atoms with Gasteiger partial charge >= 0.3 is 12.1 Å². The second-order valence-electron chi connectivity index (χ2n) is 13.3. The smallest absolute Gasteiger partial charge is 0.410 e. The molecule has 2 fully saturated rings. The van der Waals surface area contributed by atoms with Gasteiger partial charge < -0.3 is 24.4 Å². The summed E-state index contributed by atoms with van der Waals surface area (Å²) in [5, 5.41) is 22.1. The first-order chi connectivity index (χ1) is 22.3. The van der Waals surface area contributed by atoms with Crippen LogP contribution in [0.5, 0.6) is 11.8 Å². The third-order valence-electron chi connectivity index (χ3n) is 8.95. The Morgan fingerprint density at radius 1 is 1.15 bits per heavy atom. The van der Waals surface area contributed by atoms with Gasteiger partial charge in [-0.3, -0.25) is 4.90 Å². The van der Waals surface area contributed by atoms with Crippen LogP contribution in [0.15, 0.2) is 42.5 Å². The van der Waals surface area contributed by atoms with Gasteiger partial charge in [0, 0.05) is 43.2 Å². The third kappa shape index (κ3) is 6.45. The van der Waals surface area contributed by atoms with E-state index in [1.807, 2.05) is 36.2 Å². The minimum Gasteiger partial charge on any atom is -0.508 e. The molecule has 1 aromatic heterocycles. The Labute approximate surface area is 278 Å². The van der Waals surface area contributed by atoms with Crippen molar-refractivity contribution in [3.63, 3.8) is 0 Å². The number of likely N-dealkylation sites (tertiary alicyclic amines) is 1. The number of amides is 1. The van der Waals surface area contributed by atoms with E-state index in [0.29, 0.717) is 23.3 Å². The molecule has 2 saturated heterocycles. The molecular weight excluding hydrogens is 623 g/mol. The van der Waals surface area contributed by atoms with E-state index in [2.05, 4.69) is 22.9 Å². The van der Waals surface area contributed by atoms with Gasteiger partial charge in [0.1, 0.15) is 28.8 Å². The molecule has 1 amide bonds. The lowest BCUT2D eigenvalue weighted by molar-refractivity contribution is 0.0145. The number of phenols is 1. The zero-order chi connectivity index (χ0) is 33.6. The zero-order valence-corrected chi connectivity index (χ0v) is 27.9. The summed E-state index contributed by atoms with van der Waals surface area (Å²) in [6.07, 6.45) is 0.130. The molecule has 0 bridgehead atoms. The molecule has 0 spiro atoms. The molecule has 0 aliphatic carbocycles. The molecule has 6 rings (SSSR count). The highest BCUT2D eigenvalue weighted by Crippen LogP contribution is 2.43. The summed E-state index contributed by atoms with van der Waals surface area (Å²) < 4.78 is 28.9. The number of piperazine rings is 1. The van der Waals surface area contributed by atoms with E-state index in [-0.39, 0.29) is 59.5 Å². The van der Waals surface area contributed by atoms with E-state index in [4.69, 9.17) is 26.1 Å². The van der Waals surface area contributed by atoms with Crippen molar-refractivity contribution in [1.29, 1.82) is 5.26 Å². The number of likely N-dealkylation sites (N-methyl/N-ethyl adjacent to an activating group) is 1. The lowest BCUT2D eigenvalue weighted by atomic mass is 9.96. The van der Waals surface area contributed by atoms with Crippen molar-refractivity contribution >= 4 is 45.2 Å². The number of aromatic nitrogens is 2. The molecule has 0 radical (unpaired) electrons. The number of halogens is 2. The summed E-state index contributed by atoms with van der Waals surface area (Å²) in [5.74, 6) is -0.300. The molecule has 4 aromatic rings. The average Bonchev–Trinajstić information content (AvgIpc) is 3.32. The largest absolute Gasteiger partial charge is 0.508 e. The molecule has 47 heavy (non-hydrogen) atoms. The Morgan fingerprint density at radius 3 is 2.62 bits per heavy atom. The first-order valence-corrected chi connectivity index (χ1v) is 16.1. The van der Waals surface area contributed by atoms with Crippen LogP contribution >= 0.6 is 11.6 Å². The van der Waals surface area contributed by atoms with Crippen LogP contribution in [0, 0.1) is 17.1 Å². The van der Waals surface area contributed by atoms with Crippen LogP contribution in [-0.2, 0) is 4.74 Å². The number of ether oxygens (including phenoxy) is 2. The van der Waals surface area contributed by atoms with Crippen molar-refractivity contribution in [2.24, 2.45) is 0 Å². The van der Waals surface area contributed by atoms with Crippen molar-refractivity contribution in [3.8, 4) is 29.0 Å². The molecule has 1 N–H and O–H groups in total. The molecule has 10 nitrogen and oxygen atoms in total. The average molecular weight is 661 g/mol. The Kier molecular flexibility index (Phi) is 8.76. The summed E-state index contributed by atoms with van der Waals surface area (Å²) in [6, 6.07) is 13.9. The van der Waals surface area contributed by atoms with Crippen LogP contribution in [-0.4, -0.2) is 88.0 Å². The molecule has 0 unspecified atom stereocenters. The lowest BCUT2D eigenvalue weighted by Crippen LogP contribution is -2.56. The van der Waals surface area contributed by atoms with E-state index >= 15 is 4.39 Å². The molecule has 2 aliphatic heterocycles. The second kappa shape index (κ2) is 12.7. The fraction of sp³-hybridized carbons (Fsp3) is 0.429. The maximum absolute atomic E-state index is 16.9. The van der Waals surface area contributed by atoms with Crippen LogP contribution in [0.1, 0.15) is 40.5 Å². The Hall–Kier alpha value is -4.40. The highest BCUT2D eigenvalue weighted by Gasteiger charge is 2.36. The van der Waals surface area contributed by atoms with Gasteiger partial charge in [-0.25, -0.2) is 9.18 Å². The van der Waals surface area contributed by atoms with Gasteiger partial charge in [-0.05, 0) is 75.7 Å². The van der Waals surface area contributed by atoms with Gasteiger partial charge in [-0.1, -0.05) is 35.9 Å². The predicted octanol–water partition coefficient (Wildman–Crippen LogP) is 6.76. The van der Waals surface area contributed by atoms with E-state index in [0.717, 1.165) is 23.7 Å². The highest BCUT2D eigenvalue weighted by molar-refractivity contribution is 6.35. The number of nitrogens with zero attached hydrogens (tertiary/aromatic N) is 6. The van der Waals surface area contributed by atoms with E-state index in [1.165, 1.54) is 6.07 Å². The third-order valence-corrected chi connectivity index (χ3v) is 9.25. The normalized spacial score (nSPS) is 20.5. The lowest BCUT2D eigenvalue weighted by Gasteiger charge is -2.41. The number of aromatic hydroxyl groups is 1. The van der Waals surface area contributed by atoms with Gasteiger partial charge in [0.15, 0.2) is 5.82 Å². The SMILES string of the molecule is C[C@@H]1[C@H](Oc2nc(N3CCN(C(=O)OC(C)(C)C)[C@@H](CC#N)C3)c3cc(Cl)c(-c4cc(O)cc5ccccc45)c(F)c3n2)CCN1C. The number of hydrogen-bond donors (Lipinski definition) is 1. The minimum atomic E-state index is -0.696. The number of fused-ring (bicyclic) bond motifs is 2. The summed E-state index contributed by atoms with van der Waals surface area (Å²) in [6.45, 7) is 9.14. The van der Waals surface area contributed by atoms with Gasteiger partial charge in [-0.2, -0.15) is 15.2 Å². The van der Waals surface area contributed by atoms with E-state index in [1.54, 1.807) is 37.8 Å². The van der Waals surface area contributed by atoms with Crippen molar-refractivity contribution in [2.75, 3.05) is 38.1 Å². The Bertz CT molecular complexity index is 1890. The fourth-order valence-corrected chi connectivity index (χ4v) is 6.74. The number of rotatable bonds is 5. The van der Waals surface area contributed by atoms with E-state index in [9.17, 15) is 15.2 Å². The fourth-order valence-electron chi connectivity index (χ4n) is 6.44. The number of nitriles is 1. The van der Waals surface area contributed by atoms with Crippen LogP contribution in [0.25, 0.3) is 32.8 Å². The predicted molar refractivity (Wildman–Crippen MR) is 179 cm³/mol. The Balaban J connectivity index is 1.48. The quantitative estimate of drug-likeness (QED) is 0.248. The number of carbonyl (C=O) groups is 1. The number of benzene rings is 3. The molecule has 246 valence electrons. The zero-order valence-electron chi connectivity index (χ0n) is 27.1. The standard InChI is InChI=1S/C35H38ClFN6O4/c1-20-28(11-13-41(20)5)46-33-39-31-26(18-27(36)29(30(31)37)25-17-23(44)16-21-8-6-7-9-24(21)25)32(40-33)42-14-15-43(22(19-42)10-12-38)34(45)47-35(2,3)4/h6-9,16-18,20,22,28,44H,10-11,13-15,19H2,1-5H3/t20-,22+,28-/m1/s1. The monoisotopic (exact) mass is 660 g/mol. The van der Waals surface area contributed by atoms with Crippen molar-refractivity contribution in [3.05, 3.63) is 53.3 Å². The molecule has 0 saturated carbocycles. The van der Waals surface area contributed by atoms with Crippen molar-refractivity contribution in [2.45, 2.75) is 64.3 Å². The maximum atomic E-state index is 16.9. The van der Waals surface area contributed by atoms with Crippen LogP contribution < -0.4 is 9.64 Å². The second-order valence-corrected chi connectivity index (χ2v) is 13.7. The van der Waals surface area contributed by atoms with Crippen molar-refractivity contribution in [1.82, 2.24) is 19.8 Å². The molecular formula is C35H38ClFN6O4. The van der Waals surface area contributed by atoms with E-state index < -0.39 is 23.6 Å². The summed E-state index contributed by atoms with van der Waals surface area (Å²) >= 11 is 6.88. The highest BCUT2D eigenvalue weighted by atomic mass is 35.5. The van der Waals surface area contributed by atoms with Gasteiger partial charge in [0.2, 0.25) is 0 Å². The van der Waals surface area contributed by atoms with Crippen LogP contribution in [0.3, 0.4) is 0 Å². The number of carbonyl (C=O) groups excluding carboxylic acids is 1. The van der Waals surface area contributed by atoms with Crippen LogP contribution in [0.2, 0.25) is 5.02 Å². The molecule has 12 heteroatoms. The molecule has 3 atom stereocenters. The molecule has 3 heterocycles. The van der Waals surface area contributed by atoms with Crippen LogP contribution in [0.4, 0.5) is 15.0 Å². The molecule has 2 aliphatic rings. The number of phenolic OH excluding ortho intramolecular Hbond substituents is 1. The minimum absolute atomic E-state index is 0.0160. The summed E-state index contributed by atoms with van der Waals surface area (Å²) in [4.78, 5) is 28.2.